The molecule has 1 atom stereocenters. The minimum atomic E-state index is -0.398. The Kier molecular flexibility index (Phi) is 5.29. The molecule has 1 N–H and O–H groups in total. The van der Waals surface area contributed by atoms with Gasteiger partial charge in [0.15, 0.2) is 5.79 Å². The molecule has 3 nitrogen and oxygen atoms in total. The van der Waals surface area contributed by atoms with Crippen LogP contribution in [0, 0.1) is 0 Å². The lowest BCUT2D eigenvalue weighted by Gasteiger charge is -2.27. The average molecular weight is 214 g/mol. The van der Waals surface area contributed by atoms with Gasteiger partial charge in [-0.2, -0.15) is 0 Å². The van der Waals surface area contributed by atoms with Crippen LogP contribution < -0.4 is 0 Å². The predicted octanol–water partition coefficient (Wildman–Crippen LogP) is 2.25. The summed E-state index contributed by atoms with van der Waals surface area (Å²) in [5.74, 6) is -0.365. The first-order valence-electron chi connectivity index (χ1n) is 5.81. The molecule has 0 aromatic rings. The van der Waals surface area contributed by atoms with Gasteiger partial charge in [-0.15, -0.1) is 6.58 Å². The summed E-state index contributed by atoms with van der Waals surface area (Å²) in [4.78, 5) is 0. The zero-order valence-electron chi connectivity index (χ0n) is 9.58. The summed E-state index contributed by atoms with van der Waals surface area (Å²) in [6.45, 7) is 7.08. The van der Waals surface area contributed by atoms with Gasteiger partial charge in [0.05, 0.1) is 19.3 Å². The lowest BCUT2D eigenvalue weighted by atomic mass is 10.0. The Labute approximate surface area is 92.1 Å². The molecule has 1 aliphatic rings. The standard InChI is InChI=1S/C12H22O3/c1-3-7-12(14-9-10-15-12)8-5-6-11(13)4-2/h4,11,13H,2-3,5-10H2,1H3. The van der Waals surface area contributed by atoms with Crippen molar-refractivity contribution in [2.24, 2.45) is 0 Å². The summed E-state index contributed by atoms with van der Waals surface area (Å²) in [6, 6.07) is 0. The van der Waals surface area contributed by atoms with Crippen LogP contribution >= 0.6 is 0 Å². The third-order valence-corrected chi connectivity index (χ3v) is 2.77. The summed E-state index contributed by atoms with van der Waals surface area (Å²) in [5.41, 5.74) is 0. The first kappa shape index (κ1) is 12.7. The molecule has 0 bridgehead atoms. The highest BCUT2D eigenvalue weighted by Gasteiger charge is 2.34. The van der Waals surface area contributed by atoms with Crippen LogP contribution in [0.3, 0.4) is 0 Å². The van der Waals surface area contributed by atoms with Crippen molar-refractivity contribution in [3.63, 3.8) is 0 Å². The fourth-order valence-corrected chi connectivity index (χ4v) is 1.99. The molecular formula is C12H22O3. The molecule has 1 rings (SSSR count). The van der Waals surface area contributed by atoms with E-state index in [1.807, 2.05) is 0 Å². The van der Waals surface area contributed by atoms with Gasteiger partial charge in [-0.3, -0.25) is 0 Å². The monoisotopic (exact) mass is 214 g/mol. The Hall–Kier alpha value is -0.380. The average Bonchev–Trinajstić information content (AvgIpc) is 2.67. The maximum Gasteiger partial charge on any atom is 0.168 e. The molecule has 1 fully saturated rings. The van der Waals surface area contributed by atoms with Crippen molar-refractivity contribution in [2.45, 2.75) is 50.9 Å². The summed E-state index contributed by atoms with van der Waals surface area (Å²) in [7, 11) is 0. The molecule has 0 aromatic heterocycles. The van der Waals surface area contributed by atoms with E-state index in [4.69, 9.17) is 9.47 Å². The molecular weight excluding hydrogens is 192 g/mol. The van der Waals surface area contributed by atoms with E-state index in [9.17, 15) is 5.11 Å². The summed E-state index contributed by atoms with van der Waals surface area (Å²) in [5, 5.41) is 9.35. The highest BCUT2D eigenvalue weighted by molar-refractivity contribution is 4.80. The van der Waals surface area contributed by atoms with E-state index in [-0.39, 0.29) is 5.79 Å². The van der Waals surface area contributed by atoms with Gasteiger partial charge in [0, 0.05) is 12.8 Å². The second kappa shape index (κ2) is 6.26. The lowest BCUT2D eigenvalue weighted by molar-refractivity contribution is -0.168. The Morgan fingerprint density at radius 2 is 2.07 bits per heavy atom. The molecule has 0 amide bonds. The molecule has 0 spiro atoms. The molecule has 0 radical (unpaired) electrons. The van der Waals surface area contributed by atoms with E-state index < -0.39 is 6.10 Å². The lowest BCUT2D eigenvalue weighted by Crippen LogP contribution is -2.30. The van der Waals surface area contributed by atoms with Gasteiger partial charge >= 0.3 is 0 Å². The predicted molar refractivity (Wildman–Crippen MR) is 59.6 cm³/mol. The van der Waals surface area contributed by atoms with Crippen molar-refractivity contribution in [3.05, 3.63) is 12.7 Å². The Morgan fingerprint density at radius 3 is 2.60 bits per heavy atom. The third kappa shape index (κ3) is 3.93. The van der Waals surface area contributed by atoms with E-state index in [1.54, 1.807) is 6.08 Å². The zero-order valence-corrected chi connectivity index (χ0v) is 9.58. The first-order chi connectivity index (χ1) is 7.22. The Morgan fingerprint density at radius 1 is 1.40 bits per heavy atom. The van der Waals surface area contributed by atoms with E-state index in [2.05, 4.69) is 13.5 Å². The fourth-order valence-electron chi connectivity index (χ4n) is 1.99. The third-order valence-electron chi connectivity index (χ3n) is 2.77. The first-order valence-corrected chi connectivity index (χ1v) is 5.81. The Balaban J connectivity index is 2.29. The highest BCUT2D eigenvalue weighted by Crippen LogP contribution is 2.30. The minimum absolute atomic E-state index is 0.365. The largest absolute Gasteiger partial charge is 0.389 e. The normalized spacial score (nSPS) is 21.5. The van der Waals surface area contributed by atoms with E-state index >= 15 is 0 Å². The summed E-state index contributed by atoms with van der Waals surface area (Å²) in [6.07, 6.45) is 5.69. The molecule has 1 aliphatic heterocycles. The van der Waals surface area contributed by atoms with Gasteiger partial charge in [0.2, 0.25) is 0 Å². The van der Waals surface area contributed by atoms with Crippen LogP contribution in [0.2, 0.25) is 0 Å². The summed E-state index contributed by atoms with van der Waals surface area (Å²) >= 11 is 0. The molecule has 1 saturated heterocycles. The van der Waals surface area contributed by atoms with Crippen LogP contribution in [0.5, 0.6) is 0 Å². The van der Waals surface area contributed by atoms with Crippen molar-refractivity contribution < 1.29 is 14.6 Å². The van der Waals surface area contributed by atoms with Crippen LogP contribution in [-0.4, -0.2) is 30.2 Å². The van der Waals surface area contributed by atoms with Crippen LogP contribution in [0.1, 0.15) is 39.0 Å². The molecule has 1 heterocycles. The number of rotatable bonds is 7. The zero-order chi connectivity index (χ0) is 11.1. The molecule has 3 heteroatoms. The SMILES string of the molecule is C=CC(O)CCCC1(CCC)OCCO1. The molecule has 1 unspecified atom stereocenters. The van der Waals surface area contributed by atoms with Crippen molar-refractivity contribution in [2.75, 3.05) is 13.2 Å². The minimum Gasteiger partial charge on any atom is -0.389 e. The number of ether oxygens (including phenoxy) is 2. The fraction of sp³-hybridized carbons (Fsp3) is 0.833. The molecule has 0 aromatic carbocycles. The second-order valence-electron chi connectivity index (χ2n) is 4.05. The van der Waals surface area contributed by atoms with Gasteiger partial charge in [-0.05, 0) is 12.8 Å². The number of hydrogen-bond acceptors (Lipinski definition) is 3. The van der Waals surface area contributed by atoms with Gasteiger partial charge in [0.1, 0.15) is 0 Å². The maximum absolute atomic E-state index is 9.35. The van der Waals surface area contributed by atoms with Crippen molar-refractivity contribution >= 4 is 0 Å². The van der Waals surface area contributed by atoms with E-state index in [1.165, 1.54) is 0 Å². The quantitative estimate of drug-likeness (QED) is 0.661. The topological polar surface area (TPSA) is 38.7 Å². The van der Waals surface area contributed by atoms with Gasteiger partial charge < -0.3 is 14.6 Å². The van der Waals surface area contributed by atoms with Crippen LogP contribution in [-0.2, 0) is 9.47 Å². The van der Waals surface area contributed by atoms with E-state index in [0.29, 0.717) is 13.2 Å². The summed E-state index contributed by atoms with van der Waals surface area (Å²) < 4.78 is 11.3. The van der Waals surface area contributed by atoms with Crippen LogP contribution in [0.25, 0.3) is 0 Å². The van der Waals surface area contributed by atoms with Crippen molar-refractivity contribution in [3.8, 4) is 0 Å². The molecule has 0 saturated carbocycles. The molecule has 0 aliphatic carbocycles. The number of hydrogen-bond donors (Lipinski definition) is 1. The highest BCUT2D eigenvalue weighted by atomic mass is 16.7. The van der Waals surface area contributed by atoms with Crippen LogP contribution in [0.15, 0.2) is 12.7 Å². The van der Waals surface area contributed by atoms with Crippen molar-refractivity contribution in [1.29, 1.82) is 0 Å². The smallest absolute Gasteiger partial charge is 0.168 e. The van der Waals surface area contributed by atoms with Crippen molar-refractivity contribution in [1.82, 2.24) is 0 Å². The Bertz CT molecular complexity index is 185. The van der Waals surface area contributed by atoms with Crippen LogP contribution in [0.4, 0.5) is 0 Å². The van der Waals surface area contributed by atoms with Gasteiger partial charge in [0.25, 0.3) is 0 Å². The number of aliphatic hydroxyl groups is 1. The van der Waals surface area contributed by atoms with Gasteiger partial charge in [-0.25, -0.2) is 0 Å². The number of aliphatic hydroxyl groups excluding tert-OH is 1. The molecule has 15 heavy (non-hydrogen) atoms. The second-order valence-corrected chi connectivity index (χ2v) is 4.05. The van der Waals surface area contributed by atoms with E-state index in [0.717, 1.165) is 32.1 Å². The van der Waals surface area contributed by atoms with Gasteiger partial charge in [-0.1, -0.05) is 19.4 Å². The molecule has 88 valence electrons. The maximum atomic E-state index is 9.35.